The number of pyridine rings is 1. The van der Waals surface area contributed by atoms with E-state index in [1.54, 1.807) is 18.5 Å². The first-order valence-corrected chi connectivity index (χ1v) is 13.0. The number of esters is 1. The molecular weight excluding hydrogens is 468 g/mol. The molecule has 2 aromatic heterocycles. The fraction of sp³-hybridized carbons (Fsp3) is 0.448. The van der Waals surface area contributed by atoms with Crippen LogP contribution in [0.15, 0.2) is 48.9 Å². The summed E-state index contributed by atoms with van der Waals surface area (Å²) in [5.41, 5.74) is 3.89. The molecule has 2 fully saturated rings. The molecule has 2 heterocycles. The van der Waals surface area contributed by atoms with Crippen molar-refractivity contribution < 1.29 is 19.4 Å². The maximum atomic E-state index is 13.7. The third-order valence-corrected chi connectivity index (χ3v) is 7.85. The van der Waals surface area contributed by atoms with Crippen LogP contribution in [-0.2, 0) is 21.4 Å². The van der Waals surface area contributed by atoms with Crippen LogP contribution in [0.25, 0.3) is 17.0 Å². The highest BCUT2D eigenvalue weighted by molar-refractivity contribution is 5.95. The average molecular weight is 503 g/mol. The molecule has 0 aliphatic heterocycles. The molecule has 0 spiro atoms. The summed E-state index contributed by atoms with van der Waals surface area (Å²) in [5.74, 6) is 0.258. The molecular formula is C29H34N4O4. The highest BCUT2D eigenvalue weighted by Crippen LogP contribution is 2.43. The quantitative estimate of drug-likeness (QED) is 0.384. The van der Waals surface area contributed by atoms with Gasteiger partial charge in [-0.3, -0.25) is 14.5 Å². The van der Waals surface area contributed by atoms with E-state index >= 15 is 0 Å². The topological polar surface area (TPSA) is 97.5 Å². The number of nitrogens with zero attached hydrogens (tertiary/aromatic N) is 4. The Labute approximate surface area is 216 Å². The minimum atomic E-state index is -0.445. The Bertz CT molecular complexity index is 1310. The van der Waals surface area contributed by atoms with Gasteiger partial charge in [-0.1, -0.05) is 12.5 Å². The van der Waals surface area contributed by atoms with Crippen LogP contribution in [-0.4, -0.2) is 51.5 Å². The van der Waals surface area contributed by atoms with Gasteiger partial charge in [0.2, 0.25) is 5.91 Å². The molecule has 0 radical (unpaired) electrons. The van der Waals surface area contributed by atoms with Gasteiger partial charge in [-0.25, -0.2) is 4.79 Å². The van der Waals surface area contributed by atoms with E-state index in [4.69, 9.17) is 0 Å². The number of benzene rings is 1. The Hall–Kier alpha value is -3.52. The van der Waals surface area contributed by atoms with Crippen molar-refractivity contribution in [1.82, 2.24) is 14.8 Å². The van der Waals surface area contributed by atoms with Crippen LogP contribution in [0.2, 0.25) is 0 Å². The van der Waals surface area contributed by atoms with Gasteiger partial charge in [0.15, 0.2) is 0 Å². The average Bonchev–Trinajstić information content (AvgIpc) is 3.26. The fourth-order valence-electron chi connectivity index (χ4n) is 5.70. The van der Waals surface area contributed by atoms with Gasteiger partial charge in [0.1, 0.15) is 0 Å². The first-order valence-electron chi connectivity index (χ1n) is 13.0. The number of carbonyl (C=O) groups is 2. The molecule has 2 atom stereocenters. The van der Waals surface area contributed by atoms with Crippen molar-refractivity contribution in [2.75, 3.05) is 18.6 Å². The number of anilines is 1. The van der Waals surface area contributed by atoms with Gasteiger partial charge in [-0.2, -0.15) is 5.10 Å². The van der Waals surface area contributed by atoms with Crippen LogP contribution in [0.3, 0.4) is 0 Å². The molecule has 194 valence electrons. The summed E-state index contributed by atoms with van der Waals surface area (Å²) in [7, 11) is 3.29. The van der Waals surface area contributed by atoms with Crippen molar-refractivity contribution >= 4 is 34.5 Å². The molecule has 2 aliphatic carbocycles. The Morgan fingerprint density at radius 3 is 2.78 bits per heavy atom. The Balaban J connectivity index is 1.33. The highest BCUT2D eigenvalue weighted by atomic mass is 16.5. The molecule has 2 aliphatic rings. The van der Waals surface area contributed by atoms with Crippen molar-refractivity contribution in [3.8, 4) is 0 Å². The van der Waals surface area contributed by atoms with E-state index in [-0.39, 0.29) is 11.8 Å². The number of carbonyl (C=O) groups excluding carboxylic acids is 2. The maximum Gasteiger partial charge on any atom is 0.330 e. The number of amides is 1. The molecule has 0 saturated heterocycles. The number of hydrogen-bond acceptors (Lipinski definition) is 6. The number of aromatic nitrogens is 3. The minimum absolute atomic E-state index is 0.0508. The second-order valence-corrected chi connectivity index (χ2v) is 10.4. The van der Waals surface area contributed by atoms with E-state index in [1.165, 1.54) is 18.7 Å². The Morgan fingerprint density at radius 1 is 1.16 bits per heavy atom. The van der Waals surface area contributed by atoms with Gasteiger partial charge in [-0.05, 0) is 79.3 Å². The van der Waals surface area contributed by atoms with Crippen LogP contribution < -0.4 is 4.90 Å². The van der Waals surface area contributed by atoms with Crippen molar-refractivity contribution in [3.05, 3.63) is 60.1 Å². The predicted octanol–water partition coefficient (Wildman–Crippen LogP) is 4.23. The van der Waals surface area contributed by atoms with Crippen molar-refractivity contribution in [2.24, 2.45) is 18.9 Å². The van der Waals surface area contributed by atoms with Gasteiger partial charge < -0.3 is 14.7 Å². The van der Waals surface area contributed by atoms with E-state index in [9.17, 15) is 14.7 Å². The van der Waals surface area contributed by atoms with Crippen LogP contribution in [0.1, 0.15) is 55.6 Å². The Kier molecular flexibility index (Phi) is 7.37. The summed E-state index contributed by atoms with van der Waals surface area (Å²) in [5, 5.41) is 15.7. The Morgan fingerprint density at radius 2 is 2.00 bits per heavy atom. The number of fused-ring (bicyclic) bond motifs is 1. The second kappa shape index (κ2) is 10.8. The lowest BCUT2D eigenvalue weighted by Gasteiger charge is -2.40. The molecule has 2 saturated carbocycles. The molecule has 8 nitrogen and oxygen atoms in total. The summed E-state index contributed by atoms with van der Waals surface area (Å²) >= 11 is 0. The van der Waals surface area contributed by atoms with Crippen molar-refractivity contribution in [1.29, 1.82) is 0 Å². The molecule has 1 N–H and O–H groups in total. The summed E-state index contributed by atoms with van der Waals surface area (Å²) in [4.78, 5) is 31.5. The number of aliphatic hydroxyl groups excluding tert-OH is 1. The normalized spacial score (nSPS) is 23.6. The largest absolute Gasteiger partial charge is 0.466 e. The molecule has 8 heteroatoms. The lowest BCUT2D eigenvalue weighted by atomic mass is 9.71. The number of ether oxygens (including phenoxy) is 1. The van der Waals surface area contributed by atoms with Crippen molar-refractivity contribution in [3.63, 3.8) is 0 Å². The number of rotatable bonds is 7. The zero-order valence-electron chi connectivity index (χ0n) is 21.4. The standard InChI is InChI=1S/C29H34N4O4/c1-32-27-8-7-21(13-24(27)16-31-32)23-10-20(11-23)18-33(29(36)22-4-3-5-26(34)14-22)25-12-19(15-30-17-25)6-9-28(35)37-2/h6-9,12-13,15-17,20,22-23,26,34H,3-5,10-11,14,18H2,1-2H3/b9-6+. The molecule has 37 heavy (non-hydrogen) atoms. The van der Waals surface area contributed by atoms with E-state index in [2.05, 4.69) is 33.0 Å². The summed E-state index contributed by atoms with van der Waals surface area (Å²) in [6.07, 6.45) is 12.8. The summed E-state index contributed by atoms with van der Waals surface area (Å²) in [6, 6.07) is 8.44. The summed E-state index contributed by atoms with van der Waals surface area (Å²) < 4.78 is 6.57. The minimum Gasteiger partial charge on any atom is -0.466 e. The van der Waals surface area contributed by atoms with E-state index in [0.717, 1.165) is 54.3 Å². The van der Waals surface area contributed by atoms with Crippen LogP contribution >= 0.6 is 0 Å². The van der Waals surface area contributed by atoms with Crippen LogP contribution in [0.4, 0.5) is 5.69 Å². The van der Waals surface area contributed by atoms with Crippen LogP contribution in [0.5, 0.6) is 0 Å². The second-order valence-electron chi connectivity index (χ2n) is 10.4. The third kappa shape index (κ3) is 5.59. The molecule has 1 aromatic carbocycles. The SMILES string of the molecule is COC(=O)/C=C/c1cncc(N(CC2CC(c3ccc4c(cnn4C)c3)C2)C(=O)C2CCCC(O)C2)c1. The number of aryl methyl sites for hydroxylation is 1. The lowest BCUT2D eigenvalue weighted by molar-refractivity contribution is -0.134. The zero-order chi connectivity index (χ0) is 25.9. The summed E-state index contributed by atoms with van der Waals surface area (Å²) in [6.45, 7) is 0.614. The van der Waals surface area contributed by atoms with Crippen LogP contribution in [0, 0.1) is 11.8 Å². The van der Waals surface area contributed by atoms with Gasteiger partial charge in [0.25, 0.3) is 0 Å². The first kappa shape index (κ1) is 25.1. The molecule has 1 amide bonds. The molecule has 5 rings (SSSR count). The molecule has 2 unspecified atom stereocenters. The number of hydrogen-bond donors (Lipinski definition) is 1. The fourth-order valence-corrected chi connectivity index (χ4v) is 5.70. The van der Waals surface area contributed by atoms with Gasteiger partial charge in [0.05, 0.1) is 36.8 Å². The van der Waals surface area contributed by atoms with Crippen molar-refractivity contribution in [2.45, 2.75) is 50.5 Å². The maximum absolute atomic E-state index is 13.7. The lowest BCUT2D eigenvalue weighted by Crippen LogP contribution is -2.44. The predicted molar refractivity (Wildman–Crippen MR) is 142 cm³/mol. The van der Waals surface area contributed by atoms with Gasteiger partial charge in [-0.15, -0.1) is 0 Å². The molecule has 3 aromatic rings. The zero-order valence-corrected chi connectivity index (χ0v) is 21.4. The first-order chi connectivity index (χ1) is 17.9. The van der Waals surface area contributed by atoms with E-state index in [1.807, 2.05) is 28.9 Å². The number of methoxy groups -OCH3 is 1. The van der Waals surface area contributed by atoms with Gasteiger partial charge in [0, 0.05) is 37.2 Å². The monoisotopic (exact) mass is 502 g/mol. The highest BCUT2D eigenvalue weighted by Gasteiger charge is 2.36. The number of aliphatic hydroxyl groups is 1. The van der Waals surface area contributed by atoms with E-state index < -0.39 is 12.1 Å². The van der Waals surface area contributed by atoms with Gasteiger partial charge >= 0.3 is 5.97 Å². The third-order valence-electron chi connectivity index (χ3n) is 7.85. The molecule has 0 bridgehead atoms. The van der Waals surface area contributed by atoms with E-state index in [0.29, 0.717) is 24.8 Å². The smallest absolute Gasteiger partial charge is 0.330 e.